The van der Waals surface area contributed by atoms with Crippen molar-refractivity contribution in [2.45, 2.75) is 26.9 Å². The molecule has 0 saturated carbocycles. The summed E-state index contributed by atoms with van der Waals surface area (Å²) in [6.45, 7) is 4.77. The molecule has 5 nitrogen and oxygen atoms in total. The molecule has 0 radical (unpaired) electrons. The molecular weight excluding hydrogens is 182 g/mol. The largest absolute Gasteiger partial charge is 0.328 e. The van der Waals surface area contributed by atoms with Gasteiger partial charge in [0.2, 0.25) is 0 Å². The van der Waals surface area contributed by atoms with E-state index in [2.05, 4.69) is 4.98 Å². The molecule has 1 heterocycles. The number of aromatic nitrogens is 2. The number of hydrogen-bond acceptors (Lipinski definition) is 3. The Kier molecular flexibility index (Phi) is 3.24. The van der Waals surface area contributed by atoms with Crippen LogP contribution in [0, 0.1) is 5.92 Å². The Bertz CT molecular complexity index is 417. The molecule has 0 aliphatic rings. The molecule has 78 valence electrons. The standard InChI is InChI=1S/C9H15N3O2/c1-6(2)5-12-7(4-10)3-8(13)11-9(12)14/h3,6H,4-5,10H2,1-2H3,(H,11,13,14). The molecule has 0 fully saturated rings. The molecule has 0 unspecified atom stereocenters. The number of H-pyrrole nitrogens is 1. The van der Waals surface area contributed by atoms with E-state index in [0.717, 1.165) is 0 Å². The van der Waals surface area contributed by atoms with Crippen LogP contribution in [0.5, 0.6) is 0 Å². The van der Waals surface area contributed by atoms with Gasteiger partial charge >= 0.3 is 5.69 Å². The fourth-order valence-electron chi connectivity index (χ4n) is 1.30. The summed E-state index contributed by atoms with van der Waals surface area (Å²) in [4.78, 5) is 24.6. The van der Waals surface area contributed by atoms with Crippen LogP contribution in [0.3, 0.4) is 0 Å². The Morgan fingerprint density at radius 3 is 2.64 bits per heavy atom. The van der Waals surface area contributed by atoms with Crippen LogP contribution in [0.2, 0.25) is 0 Å². The highest BCUT2D eigenvalue weighted by Crippen LogP contribution is 1.98. The minimum atomic E-state index is -0.393. The van der Waals surface area contributed by atoms with Crippen molar-refractivity contribution < 1.29 is 0 Å². The predicted molar refractivity (Wildman–Crippen MR) is 54.1 cm³/mol. The van der Waals surface area contributed by atoms with Crippen LogP contribution in [0.1, 0.15) is 19.5 Å². The van der Waals surface area contributed by atoms with Crippen molar-refractivity contribution in [3.63, 3.8) is 0 Å². The lowest BCUT2D eigenvalue weighted by atomic mass is 10.2. The fraction of sp³-hybridized carbons (Fsp3) is 0.556. The van der Waals surface area contributed by atoms with E-state index in [9.17, 15) is 9.59 Å². The number of hydrogen-bond donors (Lipinski definition) is 2. The molecule has 0 aromatic carbocycles. The summed E-state index contributed by atoms with van der Waals surface area (Å²) in [5, 5.41) is 0. The summed E-state index contributed by atoms with van der Waals surface area (Å²) >= 11 is 0. The highest BCUT2D eigenvalue weighted by Gasteiger charge is 2.05. The lowest BCUT2D eigenvalue weighted by Crippen LogP contribution is -2.34. The van der Waals surface area contributed by atoms with Gasteiger partial charge in [-0.05, 0) is 5.92 Å². The zero-order valence-corrected chi connectivity index (χ0v) is 8.41. The third-order valence-corrected chi connectivity index (χ3v) is 1.88. The molecule has 3 N–H and O–H groups in total. The monoisotopic (exact) mass is 197 g/mol. The third-order valence-electron chi connectivity index (χ3n) is 1.88. The van der Waals surface area contributed by atoms with Crippen molar-refractivity contribution in [3.05, 3.63) is 32.6 Å². The second kappa shape index (κ2) is 4.23. The van der Waals surface area contributed by atoms with Gasteiger partial charge in [-0.1, -0.05) is 13.8 Å². The Balaban J connectivity index is 3.25. The number of rotatable bonds is 3. The summed E-state index contributed by atoms with van der Waals surface area (Å²) in [6, 6.07) is 1.36. The summed E-state index contributed by atoms with van der Waals surface area (Å²) in [5.41, 5.74) is 5.25. The van der Waals surface area contributed by atoms with Gasteiger partial charge in [-0.25, -0.2) is 4.79 Å². The van der Waals surface area contributed by atoms with E-state index in [1.54, 1.807) is 0 Å². The van der Waals surface area contributed by atoms with Crippen LogP contribution in [0.25, 0.3) is 0 Å². The van der Waals surface area contributed by atoms with Crippen LogP contribution in [0.4, 0.5) is 0 Å². The van der Waals surface area contributed by atoms with Crippen LogP contribution < -0.4 is 17.0 Å². The lowest BCUT2D eigenvalue weighted by Gasteiger charge is -2.12. The van der Waals surface area contributed by atoms with E-state index in [1.807, 2.05) is 13.8 Å². The maximum absolute atomic E-state index is 11.4. The van der Waals surface area contributed by atoms with Crippen LogP contribution in [-0.4, -0.2) is 9.55 Å². The average molecular weight is 197 g/mol. The normalized spacial score (nSPS) is 10.9. The molecule has 5 heteroatoms. The molecule has 14 heavy (non-hydrogen) atoms. The lowest BCUT2D eigenvalue weighted by molar-refractivity contribution is 0.486. The first-order valence-electron chi connectivity index (χ1n) is 4.57. The zero-order chi connectivity index (χ0) is 10.7. The molecule has 0 amide bonds. The summed E-state index contributed by atoms with van der Waals surface area (Å²) in [7, 11) is 0. The molecule has 0 bridgehead atoms. The second-order valence-electron chi connectivity index (χ2n) is 3.64. The predicted octanol–water partition coefficient (Wildman–Crippen LogP) is -0.349. The first-order chi connectivity index (χ1) is 6.54. The molecule has 1 rings (SSSR count). The quantitative estimate of drug-likeness (QED) is 0.695. The van der Waals surface area contributed by atoms with Gasteiger partial charge in [0, 0.05) is 24.8 Å². The molecule has 0 aliphatic heterocycles. The van der Waals surface area contributed by atoms with Gasteiger partial charge in [0.15, 0.2) is 0 Å². The minimum Gasteiger partial charge on any atom is -0.325 e. The number of nitrogens with two attached hydrogens (primary N) is 1. The van der Waals surface area contributed by atoms with Crippen LogP contribution >= 0.6 is 0 Å². The van der Waals surface area contributed by atoms with Crippen LogP contribution in [0.15, 0.2) is 15.7 Å². The van der Waals surface area contributed by atoms with Gasteiger partial charge in [-0.2, -0.15) is 0 Å². The number of nitrogens with zero attached hydrogens (tertiary/aromatic N) is 1. The van der Waals surface area contributed by atoms with E-state index in [1.165, 1.54) is 10.6 Å². The minimum absolute atomic E-state index is 0.200. The molecule has 1 aromatic heterocycles. The van der Waals surface area contributed by atoms with E-state index in [-0.39, 0.29) is 12.2 Å². The van der Waals surface area contributed by atoms with Gasteiger partial charge in [0.1, 0.15) is 0 Å². The highest BCUT2D eigenvalue weighted by molar-refractivity contribution is 5.00. The van der Waals surface area contributed by atoms with Crippen molar-refractivity contribution in [2.24, 2.45) is 11.7 Å². The Morgan fingerprint density at radius 1 is 1.50 bits per heavy atom. The molecule has 1 aromatic rings. The average Bonchev–Trinajstić information content (AvgIpc) is 2.08. The fourth-order valence-corrected chi connectivity index (χ4v) is 1.30. The van der Waals surface area contributed by atoms with Crippen molar-refractivity contribution in [3.8, 4) is 0 Å². The van der Waals surface area contributed by atoms with Crippen LogP contribution in [-0.2, 0) is 13.1 Å². The Hall–Kier alpha value is -1.36. The van der Waals surface area contributed by atoms with Crippen molar-refractivity contribution in [1.82, 2.24) is 9.55 Å². The molecular formula is C9H15N3O2. The van der Waals surface area contributed by atoms with Gasteiger partial charge < -0.3 is 5.73 Å². The van der Waals surface area contributed by atoms with Gasteiger partial charge in [0.25, 0.3) is 5.56 Å². The van der Waals surface area contributed by atoms with Crippen molar-refractivity contribution in [1.29, 1.82) is 0 Å². The number of nitrogens with one attached hydrogen (secondary N) is 1. The second-order valence-corrected chi connectivity index (χ2v) is 3.64. The topological polar surface area (TPSA) is 80.9 Å². The van der Waals surface area contributed by atoms with Gasteiger partial charge in [-0.3, -0.25) is 14.3 Å². The van der Waals surface area contributed by atoms with E-state index >= 15 is 0 Å². The summed E-state index contributed by atoms with van der Waals surface area (Å²) < 4.78 is 1.51. The number of aromatic amines is 1. The SMILES string of the molecule is CC(C)Cn1c(CN)cc(=O)[nH]c1=O. The molecule has 0 spiro atoms. The maximum Gasteiger partial charge on any atom is 0.328 e. The summed E-state index contributed by atoms with van der Waals surface area (Å²) in [6.07, 6.45) is 0. The van der Waals surface area contributed by atoms with Crippen molar-refractivity contribution in [2.75, 3.05) is 0 Å². The first-order valence-corrected chi connectivity index (χ1v) is 4.57. The van der Waals surface area contributed by atoms with Gasteiger partial charge in [-0.15, -0.1) is 0 Å². The van der Waals surface area contributed by atoms with E-state index in [4.69, 9.17) is 5.73 Å². The summed E-state index contributed by atoms with van der Waals surface area (Å²) in [5.74, 6) is 0.337. The molecule has 0 saturated heterocycles. The molecule has 0 atom stereocenters. The Labute approximate surface area is 81.6 Å². The van der Waals surface area contributed by atoms with E-state index in [0.29, 0.717) is 18.2 Å². The third kappa shape index (κ3) is 2.32. The highest BCUT2D eigenvalue weighted by atomic mass is 16.2. The molecule has 0 aliphatic carbocycles. The van der Waals surface area contributed by atoms with E-state index < -0.39 is 5.56 Å². The maximum atomic E-state index is 11.4. The smallest absolute Gasteiger partial charge is 0.325 e. The van der Waals surface area contributed by atoms with Gasteiger partial charge in [0.05, 0.1) is 0 Å². The first kappa shape index (κ1) is 10.7. The zero-order valence-electron chi connectivity index (χ0n) is 8.41. The Morgan fingerprint density at radius 2 is 2.14 bits per heavy atom. The van der Waals surface area contributed by atoms with Crippen molar-refractivity contribution >= 4 is 0 Å².